The van der Waals surface area contributed by atoms with E-state index in [-0.39, 0.29) is 5.91 Å². The highest BCUT2D eigenvalue weighted by Gasteiger charge is 2.29. The van der Waals surface area contributed by atoms with Gasteiger partial charge in [-0.05, 0) is 53.5 Å². The molecule has 0 bridgehead atoms. The lowest BCUT2D eigenvalue weighted by Gasteiger charge is -2.24. The molecular weight excluding hydrogens is 354 g/mol. The van der Waals surface area contributed by atoms with Gasteiger partial charge in [-0.3, -0.25) is 4.79 Å². The summed E-state index contributed by atoms with van der Waals surface area (Å²) in [7, 11) is 0. The summed E-state index contributed by atoms with van der Waals surface area (Å²) in [6, 6.07) is 8.98. The number of amides is 1. The molecule has 0 aliphatic heterocycles. The van der Waals surface area contributed by atoms with Gasteiger partial charge in [0.15, 0.2) is 0 Å². The number of aromatic nitrogens is 1. The normalized spacial score (nSPS) is 11.2. The smallest absolute Gasteiger partial charge is 0.234 e. The summed E-state index contributed by atoms with van der Waals surface area (Å²) in [5.74, 6) is -0.136. The first-order valence-electron chi connectivity index (χ1n) is 6.29. The minimum atomic E-state index is -0.695. The molecule has 0 unspecified atom stereocenters. The number of hydrogen-bond acceptors (Lipinski definition) is 3. The van der Waals surface area contributed by atoms with E-state index in [2.05, 4.69) is 26.2 Å². The van der Waals surface area contributed by atoms with Crippen LogP contribution in [0.1, 0.15) is 19.4 Å². The van der Waals surface area contributed by atoms with Crippen molar-refractivity contribution in [1.82, 2.24) is 4.98 Å². The van der Waals surface area contributed by atoms with Crippen LogP contribution in [0.3, 0.4) is 0 Å². The van der Waals surface area contributed by atoms with Crippen LogP contribution in [0.4, 0.5) is 11.4 Å². The molecule has 21 heavy (non-hydrogen) atoms. The van der Waals surface area contributed by atoms with Gasteiger partial charge in [0.1, 0.15) is 5.15 Å². The number of halogens is 2. The van der Waals surface area contributed by atoms with Crippen LogP contribution < -0.4 is 11.1 Å². The van der Waals surface area contributed by atoms with E-state index in [0.717, 1.165) is 5.56 Å². The maximum Gasteiger partial charge on any atom is 0.234 e. The number of hydrogen-bond donors (Lipinski definition) is 2. The third kappa shape index (κ3) is 3.54. The molecule has 0 atom stereocenters. The number of nitrogen functional groups attached to an aromatic ring is 1. The third-order valence-corrected chi connectivity index (χ3v) is 4.39. The van der Waals surface area contributed by atoms with E-state index in [9.17, 15) is 4.79 Å². The van der Waals surface area contributed by atoms with Crippen LogP contribution in [-0.2, 0) is 10.2 Å². The Balaban J connectivity index is 2.21. The number of nitrogens with two attached hydrogens (primary N) is 1. The highest BCUT2D eigenvalue weighted by molar-refractivity contribution is 9.10. The molecule has 1 amide bonds. The van der Waals surface area contributed by atoms with E-state index in [1.165, 1.54) is 6.20 Å². The molecule has 1 heterocycles. The van der Waals surface area contributed by atoms with Gasteiger partial charge in [-0.15, -0.1) is 0 Å². The van der Waals surface area contributed by atoms with Crippen molar-refractivity contribution in [1.29, 1.82) is 0 Å². The number of nitrogens with one attached hydrogen (secondary N) is 1. The molecule has 3 N–H and O–H groups in total. The van der Waals surface area contributed by atoms with Crippen molar-refractivity contribution in [2.45, 2.75) is 19.3 Å². The molecule has 0 saturated carbocycles. The van der Waals surface area contributed by atoms with E-state index >= 15 is 0 Å². The van der Waals surface area contributed by atoms with Gasteiger partial charge in [-0.2, -0.15) is 0 Å². The predicted molar refractivity (Wildman–Crippen MR) is 89.5 cm³/mol. The largest absolute Gasteiger partial charge is 0.399 e. The minimum Gasteiger partial charge on any atom is -0.399 e. The highest BCUT2D eigenvalue weighted by Crippen LogP contribution is 2.27. The van der Waals surface area contributed by atoms with Crippen LogP contribution in [0.25, 0.3) is 0 Å². The molecular formula is C15H15BrClN3O. The Morgan fingerprint density at radius 2 is 1.95 bits per heavy atom. The maximum absolute atomic E-state index is 12.5. The van der Waals surface area contributed by atoms with Gasteiger partial charge in [-0.1, -0.05) is 23.7 Å². The Bertz CT molecular complexity index is 671. The van der Waals surface area contributed by atoms with E-state index in [4.69, 9.17) is 17.3 Å². The second-order valence-electron chi connectivity index (χ2n) is 5.20. The molecule has 0 fully saturated rings. The summed E-state index contributed by atoms with van der Waals surface area (Å²) in [5, 5.41) is 3.19. The second-order valence-corrected chi connectivity index (χ2v) is 6.41. The zero-order valence-electron chi connectivity index (χ0n) is 11.7. The van der Waals surface area contributed by atoms with E-state index in [1.54, 1.807) is 18.2 Å². The average Bonchev–Trinajstić information content (AvgIpc) is 2.43. The Kier molecular flexibility index (Phi) is 4.54. The standard InChI is InChI=1S/C15H15BrClN3O/c1-15(2,9-3-5-10(18)6-4-9)14(21)20-11-7-12(16)13(17)19-8-11/h3-8H,18H2,1-2H3,(H,20,21). The van der Waals surface area contributed by atoms with Crippen molar-refractivity contribution in [2.75, 3.05) is 11.1 Å². The van der Waals surface area contributed by atoms with Crippen LogP contribution in [0.15, 0.2) is 41.0 Å². The molecule has 0 aliphatic carbocycles. The van der Waals surface area contributed by atoms with Gasteiger partial charge >= 0.3 is 0 Å². The van der Waals surface area contributed by atoms with E-state index < -0.39 is 5.41 Å². The van der Waals surface area contributed by atoms with Crippen LogP contribution in [0.5, 0.6) is 0 Å². The fraction of sp³-hybridized carbons (Fsp3) is 0.200. The topological polar surface area (TPSA) is 68.0 Å². The van der Waals surface area contributed by atoms with Crippen molar-refractivity contribution in [3.8, 4) is 0 Å². The molecule has 0 aliphatic rings. The minimum absolute atomic E-state index is 0.136. The molecule has 1 aromatic carbocycles. The maximum atomic E-state index is 12.5. The molecule has 0 saturated heterocycles. The first-order chi connectivity index (χ1) is 9.80. The van der Waals surface area contributed by atoms with Crippen LogP contribution >= 0.6 is 27.5 Å². The molecule has 6 heteroatoms. The van der Waals surface area contributed by atoms with Gasteiger partial charge in [0.25, 0.3) is 0 Å². The number of anilines is 2. The molecule has 2 rings (SSSR count). The number of carbonyl (C=O) groups is 1. The quantitative estimate of drug-likeness (QED) is 0.635. The van der Waals surface area contributed by atoms with E-state index in [0.29, 0.717) is 21.0 Å². The van der Waals surface area contributed by atoms with Gasteiger partial charge < -0.3 is 11.1 Å². The van der Waals surface area contributed by atoms with Gasteiger partial charge in [0.05, 0.1) is 21.8 Å². The monoisotopic (exact) mass is 367 g/mol. The number of pyridine rings is 1. The van der Waals surface area contributed by atoms with Crippen molar-refractivity contribution >= 4 is 44.8 Å². The third-order valence-electron chi connectivity index (χ3n) is 3.25. The zero-order chi connectivity index (χ0) is 15.6. The van der Waals surface area contributed by atoms with Gasteiger partial charge in [-0.25, -0.2) is 4.98 Å². The molecule has 2 aromatic rings. The van der Waals surface area contributed by atoms with Crippen molar-refractivity contribution in [2.24, 2.45) is 0 Å². The SMILES string of the molecule is CC(C)(C(=O)Nc1cnc(Cl)c(Br)c1)c1ccc(N)cc1. The summed E-state index contributed by atoms with van der Waals surface area (Å²) in [4.78, 5) is 16.5. The van der Waals surface area contributed by atoms with Gasteiger partial charge in [0.2, 0.25) is 5.91 Å². The summed E-state index contributed by atoms with van der Waals surface area (Å²) in [6.45, 7) is 3.71. The lowest BCUT2D eigenvalue weighted by atomic mass is 9.83. The van der Waals surface area contributed by atoms with Crippen molar-refractivity contribution < 1.29 is 4.79 Å². The van der Waals surface area contributed by atoms with Crippen molar-refractivity contribution in [3.05, 3.63) is 51.7 Å². The van der Waals surface area contributed by atoms with E-state index in [1.807, 2.05) is 26.0 Å². The summed E-state index contributed by atoms with van der Waals surface area (Å²) in [5.41, 5.74) is 7.11. The number of carbonyl (C=O) groups excluding carboxylic acids is 1. The fourth-order valence-corrected chi connectivity index (χ4v) is 2.26. The lowest BCUT2D eigenvalue weighted by molar-refractivity contribution is -0.120. The fourth-order valence-electron chi connectivity index (χ4n) is 1.81. The molecule has 0 spiro atoms. The Morgan fingerprint density at radius 1 is 1.33 bits per heavy atom. The van der Waals surface area contributed by atoms with Crippen molar-refractivity contribution in [3.63, 3.8) is 0 Å². The van der Waals surface area contributed by atoms with Crippen LogP contribution in [0, 0.1) is 0 Å². The van der Waals surface area contributed by atoms with Crippen LogP contribution in [-0.4, -0.2) is 10.9 Å². The molecule has 0 radical (unpaired) electrons. The highest BCUT2D eigenvalue weighted by atomic mass is 79.9. The van der Waals surface area contributed by atoms with Gasteiger partial charge in [0, 0.05) is 5.69 Å². The summed E-state index contributed by atoms with van der Waals surface area (Å²) in [6.07, 6.45) is 1.52. The number of rotatable bonds is 3. The second kappa shape index (κ2) is 6.03. The summed E-state index contributed by atoms with van der Waals surface area (Å²) < 4.78 is 0.632. The number of nitrogens with zero attached hydrogens (tertiary/aromatic N) is 1. The first kappa shape index (κ1) is 15.8. The lowest BCUT2D eigenvalue weighted by Crippen LogP contribution is -2.34. The molecule has 110 valence electrons. The Labute approximate surface area is 136 Å². The first-order valence-corrected chi connectivity index (χ1v) is 7.46. The average molecular weight is 369 g/mol. The Morgan fingerprint density at radius 3 is 2.52 bits per heavy atom. The summed E-state index contributed by atoms with van der Waals surface area (Å²) >= 11 is 9.11. The molecule has 1 aromatic heterocycles. The van der Waals surface area contributed by atoms with Crippen LogP contribution in [0.2, 0.25) is 5.15 Å². The Hall–Kier alpha value is -1.59. The predicted octanol–water partition coefficient (Wildman–Crippen LogP) is 4.00. The molecule has 4 nitrogen and oxygen atoms in total. The zero-order valence-corrected chi connectivity index (χ0v) is 14.0. The number of benzene rings is 1.